The van der Waals surface area contributed by atoms with Crippen LogP contribution in [0.25, 0.3) is 0 Å². The summed E-state index contributed by atoms with van der Waals surface area (Å²) in [5.74, 6) is 0.907. The average Bonchev–Trinajstić information content (AvgIpc) is 2.29. The summed E-state index contributed by atoms with van der Waals surface area (Å²) in [7, 11) is 2.26. The Morgan fingerprint density at radius 2 is 2.00 bits per heavy atom. The van der Waals surface area contributed by atoms with E-state index in [1.165, 1.54) is 39.0 Å². The Hall–Kier alpha value is -0.0800. The first-order valence-electron chi connectivity index (χ1n) is 5.12. The summed E-state index contributed by atoms with van der Waals surface area (Å²) in [4.78, 5) is 2.50. The molecule has 2 fully saturated rings. The van der Waals surface area contributed by atoms with Gasteiger partial charge in [0.05, 0.1) is 0 Å². The van der Waals surface area contributed by atoms with Crippen molar-refractivity contribution in [3.63, 3.8) is 0 Å². The number of nitrogens with one attached hydrogen (secondary N) is 1. The van der Waals surface area contributed by atoms with Crippen molar-refractivity contribution in [2.24, 2.45) is 11.3 Å². The van der Waals surface area contributed by atoms with Gasteiger partial charge in [0.2, 0.25) is 0 Å². The summed E-state index contributed by atoms with van der Waals surface area (Å²) < 4.78 is 0. The molecule has 1 N–H and O–H groups in total. The van der Waals surface area contributed by atoms with Gasteiger partial charge >= 0.3 is 0 Å². The lowest BCUT2D eigenvalue weighted by Gasteiger charge is -2.37. The Morgan fingerprint density at radius 3 is 2.50 bits per heavy atom. The van der Waals surface area contributed by atoms with Gasteiger partial charge in [-0.25, -0.2) is 0 Å². The van der Waals surface area contributed by atoms with Gasteiger partial charge in [0.15, 0.2) is 0 Å². The molecule has 12 heavy (non-hydrogen) atoms. The highest BCUT2D eigenvalue weighted by atomic mass is 15.1. The fourth-order valence-electron chi connectivity index (χ4n) is 2.99. The molecule has 0 bridgehead atoms. The summed E-state index contributed by atoms with van der Waals surface area (Å²) >= 11 is 0. The molecule has 0 aromatic rings. The minimum Gasteiger partial charge on any atom is -0.317 e. The third-order valence-electron chi connectivity index (χ3n) is 3.82. The molecule has 0 saturated carbocycles. The molecule has 2 nitrogen and oxygen atoms in total. The van der Waals surface area contributed by atoms with Crippen LogP contribution >= 0.6 is 0 Å². The van der Waals surface area contributed by atoms with Crippen molar-refractivity contribution in [2.75, 3.05) is 33.2 Å². The van der Waals surface area contributed by atoms with Gasteiger partial charge in [-0.3, -0.25) is 0 Å². The van der Waals surface area contributed by atoms with Gasteiger partial charge in [-0.15, -0.1) is 0 Å². The van der Waals surface area contributed by atoms with Crippen LogP contribution in [0, 0.1) is 11.3 Å². The van der Waals surface area contributed by atoms with E-state index in [0.29, 0.717) is 5.41 Å². The zero-order valence-corrected chi connectivity index (χ0v) is 8.27. The summed E-state index contributed by atoms with van der Waals surface area (Å²) in [5.41, 5.74) is 0.667. The Balaban J connectivity index is 2.08. The lowest BCUT2D eigenvalue weighted by Crippen LogP contribution is -2.41. The van der Waals surface area contributed by atoms with Crippen molar-refractivity contribution >= 4 is 0 Å². The Kier molecular flexibility index (Phi) is 2.13. The molecule has 2 aliphatic heterocycles. The average molecular weight is 168 g/mol. The van der Waals surface area contributed by atoms with Crippen LogP contribution in [0.5, 0.6) is 0 Å². The Morgan fingerprint density at radius 1 is 1.33 bits per heavy atom. The molecule has 1 unspecified atom stereocenters. The number of rotatable bonds is 0. The van der Waals surface area contributed by atoms with Crippen LogP contribution in [-0.2, 0) is 0 Å². The lowest BCUT2D eigenvalue weighted by atomic mass is 9.72. The molecule has 1 atom stereocenters. The molecule has 2 heteroatoms. The second-order valence-electron chi connectivity index (χ2n) is 4.71. The van der Waals surface area contributed by atoms with E-state index in [2.05, 4.69) is 24.2 Å². The van der Waals surface area contributed by atoms with Gasteiger partial charge in [0.25, 0.3) is 0 Å². The van der Waals surface area contributed by atoms with E-state index in [9.17, 15) is 0 Å². The summed E-state index contributed by atoms with van der Waals surface area (Å²) in [5, 5.41) is 3.45. The van der Waals surface area contributed by atoms with Crippen LogP contribution in [0.4, 0.5) is 0 Å². The van der Waals surface area contributed by atoms with Crippen LogP contribution < -0.4 is 5.32 Å². The topological polar surface area (TPSA) is 15.3 Å². The zero-order valence-electron chi connectivity index (χ0n) is 8.27. The van der Waals surface area contributed by atoms with Crippen LogP contribution in [-0.4, -0.2) is 38.1 Å². The molecular formula is C10H20N2. The predicted octanol–water partition coefficient (Wildman–Crippen LogP) is 0.938. The Labute approximate surface area is 75.3 Å². The molecule has 0 radical (unpaired) electrons. The maximum Gasteiger partial charge on any atom is 0.00390 e. The fourth-order valence-corrected chi connectivity index (χ4v) is 2.99. The number of nitrogens with zero attached hydrogens (tertiary/aromatic N) is 1. The van der Waals surface area contributed by atoms with Crippen molar-refractivity contribution in [3.8, 4) is 0 Å². The third kappa shape index (κ3) is 1.27. The monoisotopic (exact) mass is 168 g/mol. The lowest BCUT2D eigenvalue weighted by molar-refractivity contribution is 0.162. The molecule has 2 aliphatic rings. The first kappa shape index (κ1) is 8.52. The first-order chi connectivity index (χ1) is 5.73. The second-order valence-corrected chi connectivity index (χ2v) is 4.71. The molecule has 0 aromatic carbocycles. The van der Waals surface area contributed by atoms with Gasteiger partial charge < -0.3 is 10.2 Å². The molecule has 0 aliphatic carbocycles. The molecule has 2 rings (SSSR count). The summed E-state index contributed by atoms with van der Waals surface area (Å²) in [6.45, 7) is 7.53. The number of piperidine rings is 1. The minimum absolute atomic E-state index is 0.667. The third-order valence-corrected chi connectivity index (χ3v) is 3.82. The SMILES string of the molecule is CC1CN(C)CC12CCNCC2. The molecule has 1 spiro atoms. The van der Waals surface area contributed by atoms with Crippen LogP contribution in [0.1, 0.15) is 19.8 Å². The fraction of sp³-hybridized carbons (Fsp3) is 1.00. The van der Waals surface area contributed by atoms with Crippen LogP contribution in [0.3, 0.4) is 0 Å². The highest BCUT2D eigenvalue weighted by Crippen LogP contribution is 2.42. The van der Waals surface area contributed by atoms with Crippen molar-refractivity contribution in [1.82, 2.24) is 10.2 Å². The molecule has 2 heterocycles. The van der Waals surface area contributed by atoms with E-state index in [4.69, 9.17) is 0 Å². The largest absolute Gasteiger partial charge is 0.317 e. The van der Waals surface area contributed by atoms with Crippen molar-refractivity contribution in [1.29, 1.82) is 0 Å². The molecule has 70 valence electrons. The maximum atomic E-state index is 3.45. The summed E-state index contributed by atoms with van der Waals surface area (Å²) in [6.07, 6.45) is 2.77. The van der Waals surface area contributed by atoms with Crippen LogP contribution in [0.15, 0.2) is 0 Å². The van der Waals surface area contributed by atoms with E-state index in [1.54, 1.807) is 0 Å². The first-order valence-corrected chi connectivity index (χ1v) is 5.12. The second kappa shape index (κ2) is 3.00. The quantitative estimate of drug-likeness (QED) is 0.579. The van der Waals surface area contributed by atoms with E-state index >= 15 is 0 Å². The summed E-state index contributed by atoms with van der Waals surface area (Å²) in [6, 6.07) is 0. The van der Waals surface area contributed by atoms with E-state index in [-0.39, 0.29) is 0 Å². The Bertz CT molecular complexity index is 161. The van der Waals surface area contributed by atoms with E-state index in [1.807, 2.05) is 0 Å². The van der Waals surface area contributed by atoms with Gasteiger partial charge in [-0.1, -0.05) is 6.92 Å². The smallest absolute Gasteiger partial charge is 0.00390 e. The molecule has 0 amide bonds. The van der Waals surface area contributed by atoms with Crippen molar-refractivity contribution in [3.05, 3.63) is 0 Å². The highest BCUT2D eigenvalue weighted by molar-refractivity contribution is 4.96. The van der Waals surface area contributed by atoms with Crippen molar-refractivity contribution in [2.45, 2.75) is 19.8 Å². The van der Waals surface area contributed by atoms with Gasteiger partial charge in [-0.05, 0) is 44.3 Å². The number of hydrogen-bond acceptors (Lipinski definition) is 2. The van der Waals surface area contributed by atoms with Gasteiger partial charge in [-0.2, -0.15) is 0 Å². The normalized spacial score (nSPS) is 36.0. The van der Waals surface area contributed by atoms with E-state index < -0.39 is 0 Å². The molecular weight excluding hydrogens is 148 g/mol. The highest BCUT2D eigenvalue weighted by Gasteiger charge is 2.42. The van der Waals surface area contributed by atoms with Gasteiger partial charge in [0, 0.05) is 13.1 Å². The van der Waals surface area contributed by atoms with Gasteiger partial charge in [0.1, 0.15) is 0 Å². The van der Waals surface area contributed by atoms with E-state index in [0.717, 1.165) is 5.92 Å². The van der Waals surface area contributed by atoms with Crippen LogP contribution in [0.2, 0.25) is 0 Å². The van der Waals surface area contributed by atoms with Crippen molar-refractivity contribution < 1.29 is 0 Å². The minimum atomic E-state index is 0.667. The zero-order chi connectivity index (χ0) is 8.60. The molecule has 0 aromatic heterocycles. The standard InChI is InChI=1S/C10H20N2/c1-9-7-12(2)8-10(9)3-5-11-6-4-10/h9,11H,3-8H2,1-2H3. The predicted molar refractivity (Wildman–Crippen MR) is 51.2 cm³/mol. The maximum absolute atomic E-state index is 3.45. The molecule has 2 saturated heterocycles. The number of hydrogen-bond donors (Lipinski definition) is 1. The number of likely N-dealkylation sites (tertiary alicyclic amines) is 1.